The molecule has 12 heavy (non-hydrogen) atoms. The zero-order chi connectivity index (χ0) is 8.43. The number of hydrogen-bond donors (Lipinski definition) is 1. The van der Waals surface area contributed by atoms with Gasteiger partial charge in [-0.25, -0.2) is 9.59 Å². The zero-order valence-electron chi connectivity index (χ0n) is 6.32. The number of rotatable bonds is 3. The first-order valence-corrected chi connectivity index (χ1v) is 3.21. The summed E-state index contributed by atoms with van der Waals surface area (Å²) in [4.78, 5) is 20.9. The monoisotopic (exact) mass is 195 g/mol. The minimum absolute atomic E-state index is 0. The van der Waals surface area contributed by atoms with Crippen molar-refractivity contribution in [2.75, 3.05) is 6.61 Å². The lowest BCUT2D eigenvalue weighted by Gasteiger charge is -1.94. The molecule has 1 rings (SSSR count). The Balaban J connectivity index is 0.00000121. The fourth-order valence-electron chi connectivity index (χ4n) is 0.704. The van der Waals surface area contributed by atoms with Crippen molar-refractivity contribution in [2.45, 2.75) is 19.1 Å². The summed E-state index contributed by atoms with van der Waals surface area (Å²) in [5.74, 6) is -1.72. The van der Waals surface area contributed by atoms with Crippen LogP contribution in [0, 0.1) is 0 Å². The molecule has 0 aromatic heterocycles. The number of carbonyl (C=O) groups is 2. The van der Waals surface area contributed by atoms with E-state index in [1.807, 2.05) is 0 Å². The van der Waals surface area contributed by atoms with E-state index in [0.717, 1.165) is 0 Å². The summed E-state index contributed by atoms with van der Waals surface area (Å²) in [5.41, 5.74) is 0. The Labute approximate surface area is 75.1 Å². The first kappa shape index (κ1) is 11.2. The normalized spacial score (nSPS) is 25.4. The number of carbonyl (C=O) groups excluding carboxylic acids is 1. The molecule has 0 spiro atoms. The van der Waals surface area contributed by atoms with Crippen LogP contribution in [0.2, 0.25) is 0 Å². The molecule has 0 amide bonds. The molecule has 2 unspecified atom stereocenters. The summed E-state index contributed by atoms with van der Waals surface area (Å²) in [6.07, 6.45) is -1.87. The maximum atomic E-state index is 10.7. The van der Waals surface area contributed by atoms with Gasteiger partial charge in [0.05, 0.1) is 6.61 Å². The standard InChI is InChI=1S/C6H8O5.ClH/c1-2-10-6(9)4-3(11-4)5(7)8;/h3-4H,2H2,1H3,(H,7,8);1H/p-1. The van der Waals surface area contributed by atoms with Crippen LogP contribution in [0.15, 0.2) is 0 Å². The quantitative estimate of drug-likeness (QED) is 0.372. The van der Waals surface area contributed by atoms with E-state index in [0.29, 0.717) is 0 Å². The predicted molar refractivity (Wildman–Crippen MR) is 32.9 cm³/mol. The Morgan fingerprint density at radius 2 is 2.08 bits per heavy atom. The second kappa shape index (κ2) is 4.27. The molecule has 1 aliphatic rings. The smallest absolute Gasteiger partial charge is 0.338 e. The Morgan fingerprint density at radius 3 is 2.42 bits per heavy atom. The van der Waals surface area contributed by atoms with Crippen LogP contribution in [0.4, 0.5) is 0 Å². The average molecular weight is 196 g/mol. The van der Waals surface area contributed by atoms with E-state index in [1.165, 1.54) is 0 Å². The van der Waals surface area contributed by atoms with Gasteiger partial charge in [-0.2, -0.15) is 0 Å². The second-order valence-corrected chi connectivity index (χ2v) is 2.07. The zero-order valence-corrected chi connectivity index (χ0v) is 7.08. The molecule has 2 atom stereocenters. The van der Waals surface area contributed by atoms with Crippen LogP contribution in [0.3, 0.4) is 0 Å². The molecule has 1 aliphatic heterocycles. The van der Waals surface area contributed by atoms with Gasteiger partial charge < -0.3 is 27.0 Å². The summed E-state index contributed by atoms with van der Waals surface area (Å²) in [6.45, 7) is 1.89. The molecule has 1 saturated heterocycles. The SMILES string of the molecule is CCOC(=O)C1OC1C(=O)O.[Cl-]. The molecular formula is C6H8ClO5-. The third-order valence-corrected chi connectivity index (χ3v) is 1.25. The third-order valence-electron chi connectivity index (χ3n) is 1.25. The van der Waals surface area contributed by atoms with Crippen LogP contribution in [-0.2, 0) is 19.1 Å². The number of halogens is 1. The lowest BCUT2D eigenvalue weighted by molar-refractivity contribution is -0.145. The molecule has 1 heterocycles. The van der Waals surface area contributed by atoms with E-state index < -0.39 is 24.1 Å². The van der Waals surface area contributed by atoms with E-state index in [-0.39, 0.29) is 19.0 Å². The maximum absolute atomic E-state index is 10.7. The van der Waals surface area contributed by atoms with Crippen molar-refractivity contribution < 1.29 is 36.6 Å². The maximum Gasteiger partial charge on any atom is 0.338 e. The summed E-state index contributed by atoms with van der Waals surface area (Å²) in [5, 5.41) is 8.31. The van der Waals surface area contributed by atoms with Gasteiger partial charge >= 0.3 is 11.9 Å². The molecule has 5 nitrogen and oxygen atoms in total. The number of carboxylic acids is 1. The molecule has 70 valence electrons. The fourth-order valence-corrected chi connectivity index (χ4v) is 0.704. The third kappa shape index (κ3) is 2.35. The van der Waals surface area contributed by atoms with Gasteiger partial charge in [0, 0.05) is 0 Å². The molecule has 0 aliphatic carbocycles. The van der Waals surface area contributed by atoms with Gasteiger partial charge in [0.25, 0.3) is 0 Å². The van der Waals surface area contributed by atoms with Gasteiger partial charge in [0.1, 0.15) is 0 Å². The largest absolute Gasteiger partial charge is 1.00 e. The number of ether oxygens (including phenoxy) is 2. The second-order valence-electron chi connectivity index (χ2n) is 2.07. The fraction of sp³-hybridized carbons (Fsp3) is 0.667. The molecule has 6 heteroatoms. The van der Waals surface area contributed by atoms with Gasteiger partial charge in [-0.15, -0.1) is 0 Å². The molecule has 1 fully saturated rings. The number of epoxide rings is 1. The minimum atomic E-state index is -1.12. The van der Waals surface area contributed by atoms with Crippen molar-refractivity contribution in [1.82, 2.24) is 0 Å². The van der Waals surface area contributed by atoms with Gasteiger partial charge in [-0.3, -0.25) is 0 Å². The predicted octanol–water partition coefficient (Wildman–Crippen LogP) is -3.59. The van der Waals surface area contributed by atoms with Crippen LogP contribution in [-0.4, -0.2) is 35.9 Å². The summed E-state index contributed by atoms with van der Waals surface area (Å²) in [6, 6.07) is 0. The van der Waals surface area contributed by atoms with E-state index in [1.54, 1.807) is 6.92 Å². The molecular weight excluding hydrogens is 188 g/mol. The van der Waals surface area contributed by atoms with E-state index in [9.17, 15) is 9.59 Å². The van der Waals surface area contributed by atoms with Gasteiger partial charge in [0.15, 0.2) is 12.2 Å². The molecule has 0 saturated carbocycles. The van der Waals surface area contributed by atoms with Crippen molar-refractivity contribution in [2.24, 2.45) is 0 Å². The molecule has 0 bridgehead atoms. The first-order valence-electron chi connectivity index (χ1n) is 3.21. The Kier molecular flexibility index (Phi) is 3.99. The summed E-state index contributed by atoms with van der Waals surface area (Å²) >= 11 is 0. The van der Waals surface area contributed by atoms with Crippen molar-refractivity contribution in [3.05, 3.63) is 0 Å². The highest BCUT2D eigenvalue weighted by molar-refractivity contribution is 5.88. The number of esters is 1. The highest BCUT2D eigenvalue weighted by atomic mass is 35.5. The highest BCUT2D eigenvalue weighted by Gasteiger charge is 2.51. The van der Waals surface area contributed by atoms with Crippen molar-refractivity contribution in [1.29, 1.82) is 0 Å². The first-order chi connectivity index (χ1) is 5.16. The lowest BCUT2D eigenvalue weighted by atomic mass is 10.3. The van der Waals surface area contributed by atoms with Crippen LogP contribution in [0.25, 0.3) is 0 Å². The molecule has 0 aromatic carbocycles. The molecule has 0 aromatic rings. The van der Waals surface area contributed by atoms with E-state index in [4.69, 9.17) is 5.11 Å². The topological polar surface area (TPSA) is 76.1 Å². The van der Waals surface area contributed by atoms with E-state index in [2.05, 4.69) is 9.47 Å². The van der Waals surface area contributed by atoms with Crippen LogP contribution < -0.4 is 12.4 Å². The summed E-state index contributed by atoms with van der Waals surface area (Å²) < 4.78 is 9.04. The van der Waals surface area contributed by atoms with Crippen molar-refractivity contribution >= 4 is 11.9 Å². The molecule has 1 N–H and O–H groups in total. The Hall–Kier alpha value is -0.810. The van der Waals surface area contributed by atoms with Crippen LogP contribution in [0.1, 0.15) is 6.92 Å². The average Bonchev–Trinajstić information content (AvgIpc) is 2.65. The van der Waals surface area contributed by atoms with E-state index >= 15 is 0 Å². The van der Waals surface area contributed by atoms with Crippen molar-refractivity contribution in [3.8, 4) is 0 Å². The van der Waals surface area contributed by atoms with Gasteiger partial charge in [-0.05, 0) is 6.92 Å². The summed E-state index contributed by atoms with van der Waals surface area (Å²) in [7, 11) is 0. The van der Waals surface area contributed by atoms with Crippen molar-refractivity contribution in [3.63, 3.8) is 0 Å². The Morgan fingerprint density at radius 1 is 1.50 bits per heavy atom. The highest BCUT2D eigenvalue weighted by Crippen LogP contribution is 2.23. The Bertz CT molecular complexity index is 192. The number of aliphatic carboxylic acids is 1. The number of hydrogen-bond acceptors (Lipinski definition) is 4. The van der Waals surface area contributed by atoms with Crippen LogP contribution >= 0.6 is 0 Å². The molecule has 0 radical (unpaired) electrons. The van der Waals surface area contributed by atoms with Crippen LogP contribution in [0.5, 0.6) is 0 Å². The van der Waals surface area contributed by atoms with Gasteiger partial charge in [-0.1, -0.05) is 0 Å². The minimum Gasteiger partial charge on any atom is -1.00 e. The number of carboxylic acid groups (broad SMARTS) is 1. The lowest BCUT2D eigenvalue weighted by Crippen LogP contribution is -3.00. The van der Waals surface area contributed by atoms with Gasteiger partial charge in [0.2, 0.25) is 0 Å².